The van der Waals surface area contributed by atoms with Gasteiger partial charge in [0.25, 0.3) is 14.3 Å². The van der Waals surface area contributed by atoms with Gasteiger partial charge in [0.05, 0.1) is 6.42 Å². The van der Waals surface area contributed by atoms with Crippen LogP contribution in [0.1, 0.15) is 75.2 Å². The van der Waals surface area contributed by atoms with E-state index >= 15 is 0 Å². The summed E-state index contributed by atoms with van der Waals surface area (Å²) in [5.41, 5.74) is 1.23. The number of hydrogen-bond donors (Lipinski definition) is 1. The maximum atomic E-state index is 12.5. The molecule has 0 fully saturated rings. The molecule has 0 saturated carbocycles. The summed E-state index contributed by atoms with van der Waals surface area (Å²) in [5, 5.41) is 3.36. The highest BCUT2D eigenvalue weighted by Crippen LogP contribution is 2.42. The van der Waals surface area contributed by atoms with Crippen molar-refractivity contribution < 1.29 is 22.5 Å². The van der Waals surface area contributed by atoms with E-state index in [1.807, 2.05) is 20.8 Å². The van der Waals surface area contributed by atoms with E-state index in [-0.39, 0.29) is 5.97 Å². The summed E-state index contributed by atoms with van der Waals surface area (Å²) in [4.78, 5) is 12.5. The minimum atomic E-state index is -2.57. The summed E-state index contributed by atoms with van der Waals surface area (Å²) in [7, 11) is -4.71. The third-order valence-corrected chi connectivity index (χ3v) is 14.6. The topological polar surface area (TPSA) is 66.0 Å². The normalized spacial score (nSPS) is 13.0. The Bertz CT molecular complexity index is 408. The van der Waals surface area contributed by atoms with Crippen LogP contribution in [0.5, 0.6) is 0 Å². The molecule has 0 spiro atoms. The first-order valence-electron chi connectivity index (χ1n) is 11.5. The molecule has 0 aromatic rings. The Balaban J connectivity index is 4.47. The quantitative estimate of drug-likeness (QED) is 0.245. The van der Waals surface area contributed by atoms with Crippen LogP contribution in [0.2, 0.25) is 22.7 Å². The molecule has 0 aliphatic carbocycles. The van der Waals surface area contributed by atoms with E-state index in [9.17, 15) is 4.79 Å². The van der Waals surface area contributed by atoms with Gasteiger partial charge in [-0.1, -0.05) is 41.5 Å². The van der Waals surface area contributed by atoms with Crippen molar-refractivity contribution in [3.8, 4) is 0 Å². The molecular weight excluding hydrogens is 402 g/mol. The smallest absolute Gasteiger partial charge is 0.500 e. The van der Waals surface area contributed by atoms with Gasteiger partial charge in [0, 0.05) is 32.4 Å². The molecule has 29 heavy (non-hydrogen) atoms. The second-order valence-electron chi connectivity index (χ2n) is 8.38. The third-order valence-electron chi connectivity index (χ3n) is 5.43. The van der Waals surface area contributed by atoms with E-state index in [2.05, 4.69) is 46.9 Å². The fourth-order valence-corrected chi connectivity index (χ4v) is 12.2. The molecule has 0 radical (unpaired) electrons. The molecule has 0 saturated heterocycles. The molecule has 0 unspecified atom stereocenters. The van der Waals surface area contributed by atoms with Crippen molar-refractivity contribution in [3.05, 3.63) is 0 Å². The zero-order valence-electron chi connectivity index (χ0n) is 20.4. The maximum Gasteiger partial charge on any atom is 0.500 e. The number of carbonyl (C=O) groups is 1. The Morgan fingerprint density at radius 3 is 1.62 bits per heavy atom. The average molecular weight is 450 g/mol. The van der Waals surface area contributed by atoms with E-state index in [0.29, 0.717) is 49.4 Å². The van der Waals surface area contributed by atoms with Gasteiger partial charge >= 0.3 is 8.80 Å². The molecule has 8 heteroatoms. The van der Waals surface area contributed by atoms with E-state index in [1.165, 1.54) is 0 Å². The van der Waals surface area contributed by atoms with Gasteiger partial charge in [-0.3, -0.25) is 4.79 Å². The minimum Gasteiger partial charge on any atom is -0.518 e. The molecule has 0 aliphatic heterocycles. The first kappa shape index (κ1) is 28.7. The van der Waals surface area contributed by atoms with Gasteiger partial charge in [-0.25, -0.2) is 0 Å². The second-order valence-corrected chi connectivity index (χ2v) is 16.5. The Morgan fingerprint density at radius 2 is 1.24 bits per heavy atom. The minimum absolute atomic E-state index is 0.0677. The largest absolute Gasteiger partial charge is 0.518 e. The Kier molecular flexibility index (Phi) is 14.6. The highest BCUT2D eigenvalue weighted by molar-refractivity contribution is 6.78. The van der Waals surface area contributed by atoms with E-state index < -0.39 is 17.1 Å². The van der Waals surface area contributed by atoms with E-state index in [0.717, 1.165) is 19.0 Å². The molecule has 0 heterocycles. The number of nitrogens with one attached hydrogen (secondary N) is 1. The molecular formula is C21H47NO5Si2. The van der Waals surface area contributed by atoms with Crippen LogP contribution in [-0.2, 0) is 22.5 Å². The molecule has 0 aromatic heterocycles. The van der Waals surface area contributed by atoms with Crippen LogP contribution >= 0.6 is 0 Å². The maximum absolute atomic E-state index is 12.5. The zero-order chi connectivity index (χ0) is 22.5. The van der Waals surface area contributed by atoms with Crippen molar-refractivity contribution in [2.24, 2.45) is 0 Å². The molecule has 0 atom stereocenters. The Morgan fingerprint density at radius 1 is 0.793 bits per heavy atom. The van der Waals surface area contributed by atoms with Crippen molar-refractivity contribution >= 4 is 23.1 Å². The lowest BCUT2D eigenvalue weighted by Crippen LogP contribution is -2.49. The number of rotatable bonds is 17. The highest BCUT2D eigenvalue weighted by Gasteiger charge is 2.48. The number of hydrogen-bond acceptors (Lipinski definition) is 6. The Labute approximate surface area is 181 Å². The molecule has 0 rings (SSSR count). The second kappa shape index (κ2) is 14.7. The zero-order valence-corrected chi connectivity index (χ0v) is 22.4. The lowest BCUT2D eigenvalue weighted by Gasteiger charge is -2.41. The summed E-state index contributed by atoms with van der Waals surface area (Å²) in [6.45, 7) is 22.3. The third kappa shape index (κ3) is 9.18. The summed E-state index contributed by atoms with van der Waals surface area (Å²) < 4.78 is 23.8. The van der Waals surface area contributed by atoms with Crippen molar-refractivity contribution in [1.82, 2.24) is 5.32 Å². The van der Waals surface area contributed by atoms with Crippen LogP contribution < -0.4 is 5.32 Å². The fourth-order valence-electron chi connectivity index (χ4n) is 4.35. The van der Waals surface area contributed by atoms with Gasteiger partial charge in [0.2, 0.25) is 0 Å². The van der Waals surface area contributed by atoms with Crippen LogP contribution in [0.4, 0.5) is 0 Å². The van der Waals surface area contributed by atoms with Gasteiger partial charge in [-0.05, 0) is 50.4 Å². The first-order valence-corrected chi connectivity index (χ1v) is 15.5. The van der Waals surface area contributed by atoms with Crippen LogP contribution in [0.3, 0.4) is 0 Å². The molecule has 174 valence electrons. The number of carbonyl (C=O) groups excluding carboxylic acids is 1. The average Bonchev–Trinajstić information content (AvgIpc) is 2.62. The van der Waals surface area contributed by atoms with Gasteiger partial charge in [-0.2, -0.15) is 0 Å². The fraction of sp³-hybridized carbons (Fsp3) is 0.952. The predicted octanol–water partition coefficient (Wildman–Crippen LogP) is 5.12. The van der Waals surface area contributed by atoms with Crippen molar-refractivity contribution in [3.63, 3.8) is 0 Å². The summed E-state index contributed by atoms with van der Waals surface area (Å²) in [6.07, 6.45) is 1.30. The lowest BCUT2D eigenvalue weighted by molar-refractivity contribution is -0.135. The van der Waals surface area contributed by atoms with Gasteiger partial charge in [0.15, 0.2) is 0 Å². The molecule has 1 N–H and O–H groups in total. The molecule has 6 nitrogen and oxygen atoms in total. The standard InChI is InChI=1S/C21H47NO5Si2/c1-10-24-28(25-11-2,26-12-3)17-13-15-22-16-14-21(23)27-29(18(4)5,19(6)7)20(8)9/h18-20,22H,10-17H2,1-9H3. The lowest BCUT2D eigenvalue weighted by atomic mass is 10.4. The van der Waals surface area contributed by atoms with Crippen LogP contribution in [0.25, 0.3) is 0 Å². The summed E-state index contributed by atoms with van der Waals surface area (Å²) in [5.74, 6) is -0.0677. The van der Waals surface area contributed by atoms with Gasteiger partial charge < -0.3 is 23.0 Å². The molecule has 0 bridgehead atoms. The molecule has 0 amide bonds. The SMILES string of the molecule is CCO[Si](CCCNCCC(=O)O[Si](C(C)C)(C(C)C)C(C)C)(OCC)OCC. The highest BCUT2D eigenvalue weighted by atomic mass is 28.4. The van der Waals surface area contributed by atoms with Crippen molar-refractivity contribution in [1.29, 1.82) is 0 Å². The van der Waals surface area contributed by atoms with Crippen LogP contribution in [0.15, 0.2) is 0 Å². The monoisotopic (exact) mass is 449 g/mol. The van der Waals surface area contributed by atoms with Crippen LogP contribution in [0, 0.1) is 0 Å². The van der Waals surface area contributed by atoms with E-state index in [4.69, 9.17) is 17.7 Å². The van der Waals surface area contributed by atoms with E-state index in [1.54, 1.807) is 0 Å². The Hall–Kier alpha value is -0.256. The molecule has 0 aromatic carbocycles. The van der Waals surface area contributed by atoms with Gasteiger partial charge in [0.1, 0.15) is 0 Å². The predicted molar refractivity (Wildman–Crippen MR) is 125 cm³/mol. The summed E-state index contributed by atoms with van der Waals surface area (Å²) >= 11 is 0. The molecule has 0 aliphatic rings. The van der Waals surface area contributed by atoms with Crippen molar-refractivity contribution in [2.45, 2.75) is 97.8 Å². The van der Waals surface area contributed by atoms with Gasteiger partial charge in [-0.15, -0.1) is 0 Å². The first-order chi connectivity index (χ1) is 13.6. The van der Waals surface area contributed by atoms with Crippen molar-refractivity contribution in [2.75, 3.05) is 32.9 Å². The summed E-state index contributed by atoms with van der Waals surface area (Å²) in [6, 6.07) is 0.782. The van der Waals surface area contributed by atoms with Crippen LogP contribution in [-0.4, -0.2) is 56.0 Å².